The van der Waals surface area contributed by atoms with E-state index in [1.165, 1.54) is 6.20 Å². The molecule has 7 heteroatoms. The molecule has 0 aliphatic heterocycles. The Kier molecular flexibility index (Phi) is 4.52. The van der Waals surface area contributed by atoms with Gasteiger partial charge in [0.1, 0.15) is 10.8 Å². The number of anilines is 2. The van der Waals surface area contributed by atoms with Crippen molar-refractivity contribution in [1.29, 1.82) is 0 Å². The standard InChI is InChI=1S/C13H16N4O2S/c1-3-19-13(18)9-4-5-15-12(11(9)14)17-7-10-16-6-8(2)20-10/h4-6H,3,7,14H2,1-2H3,(H,15,17). The van der Waals surface area contributed by atoms with Crippen molar-refractivity contribution in [1.82, 2.24) is 9.97 Å². The Morgan fingerprint density at radius 2 is 2.30 bits per heavy atom. The molecule has 2 heterocycles. The smallest absolute Gasteiger partial charge is 0.340 e. The van der Waals surface area contributed by atoms with Crippen LogP contribution in [-0.2, 0) is 11.3 Å². The van der Waals surface area contributed by atoms with Gasteiger partial charge in [-0.15, -0.1) is 11.3 Å². The van der Waals surface area contributed by atoms with Crippen LogP contribution in [0, 0.1) is 6.92 Å². The monoisotopic (exact) mass is 292 g/mol. The number of esters is 1. The maximum atomic E-state index is 11.7. The number of hydrogen-bond donors (Lipinski definition) is 2. The summed E-state index contributed by atoms with van der Waals surface area (Å²) >= 11 is 1.60. The molecular formula is C13H16N4O2S. The fourth-order valence-corrected chi connectivity index (χ4v) is 2.37. The van der Waals surface area contributed by atoms with Gasteiger partial charge in [-0.2, -0.15) is 0 Å². The largest absolute Gasteiger partial charge is 0.462 e. The number of ether oxygens (including phenoxy) is 1. The Hall–Kier alpha value is -2.15. The maximum Gasteiger partial charge on any atom is 0.340 e. The number of aryl methyl sites for hydroxylation is 1. The number of carbonyl (C=O) groups excluding carboxylic acids is 1. The zero-order valence-electron chi connectivity index (χ0n) is 11.3. The van der Waals surface area contributed by atoms with Crippen molar-refractivity contribution in [2.24, 2.45) is 0 Å². The maximum absolute atomic E-state index is 11.7. The highest BCUT2D eigenvalue weighted by Gasteiger charge is 2.14. The molecule has 0 spiro atoms. The molecule has 3 N–H and O–H groups in total. The number of nitrogens with one attached hydrogen (secondary N) is 1. The van der Waals surface area contributed by atoms with Crippen molar-refractivity contribution in [3.8, 4) is 0 Å². The summed E-state index contributed by atoms with van der Waals surface area (Å²) in [5.41, 5.74) is 6.55. The normalized spacial score (nSPS) is 10.3. The number of nitrogens with zero attached hydrogens (tertiary/aromatic N) is 2. The summed E-state index contributed by atoms with van der Waals surface area (Å²) in [6.45, 7) is 4.57. The molecular weight excluding hydrogens is 276 g/mol. The molecule has 0 saturated carbocycles. The third-order valence-electron chi connectivity index (χ3n) is 2.56. The second-order valence-electron chi connectivity index (χ2n) is 4.06. The highest BCUT2D eigenvalue weighted by atomic mass is 32.1. The zero-order chi connectivity index (χ0) is 14.5. The fraction of sp³-hybridized carbons (Fsp3) is 0.308. The van der Waals surface area contributed by atoms with E-state index in [9.17, 15) is 4.79 Å². The summed E-state index contributed by atoms with van der Waals surface area (Å²) in [7, 11) is 0. The van der Waals surface area contributed by atoms with Gasteiger partial charge in [0.05, 0.1) is 24.4 Å². The summed E-state index contributed by atoms with van der Waals surface area (Å²) in [5, 5.41) is 4.02. The summed E-state index contributed by atoms with van der Waals surface area (Å²) in [4.78, 5) is 21.2. The molecule has 20 heavy (non-hydrogen) atoms. The molecule has 2 aromatic heterocycles. The molecule has 0 aliphatic rings. The van der Waals surface area contributed by atoms with Crippen molar-refractivity contribution in [3.05, 3.63) is 33.9 Å². The van der Waals surface area contributed by atoms with E-state index in [0.717, 1.165) is 9.88 Å². The van der Waals surface area contributed by atoms with Crippen LogP contribution in [0.5, 0.6) is 0 Å². The number of thiazole rings is 1. The molecule has 106 valence electrons. The van der Waals surface area contributed by atoms with Crippen LogP contribution in [0.2, 0.25) is 0 Å². The van der Waals surface area contributed by atoms with E-state index >= 15 is 0 Å². The minimum atomic E-state index is -0.444. The molecule has 0 aromatic carbocycles. The lowest BCUT2D eigenvalue weighted by Crippen LogP contribution is -2.11. The SMILES string of the molecule is CCOC(=O)c1ccnc(NCc2ncc(C)s2)c1N. The molecule has 6 nitrogen and oxygen atoms in total. The molecule has 0 amide bonds. The second-order valence-corrected chi connectivity index (χ2v) is 5.38. The lowest BCUT2D eigenvalue weighted by Gasteiger charge is -2.10. The summed E-state index contributed by atoms with van der Waals surface area (Å²) < 4.78 is 4.95. The molecule has 0 atom stereocenters. The van der Waals surface area contributed by atoms with E-state index in [-0.39, 0.29) is 0 Å². The molecule has 0 radical (unpaired) electrons. The summed E-state index contributed by atoms with van der Waals surface area (Å²) in [5.74, 6) is 0.0175. The van der Waals surface area contributed by atoms with Gasteiger partial charge in [-0.1, -0.05) is 0 Å². The Balaban J connectivity index is 2.12. The van der Waals surface area contributed by atoms with Gasteiger partial charge < -0.3 is 15.8 Å². The summed E-state index contributed by atoms with van der Waals surface area (Å²) in [6, 6.07) is 1.55. The lowest BCUT2D eigenvalue weighted by atomic mass is 10.2. The van der Waals surface area contributed by atoms with Gasteiger partial charge in [0.15, 0.2) is 0 Å². The Morgan fingerprint density at radius 3 is 2.95 bits per heavy atom. The molecule has 0 fully saturated rings. The first-order valence-corrected chi connectivity index (χ1v) is 7.00. The van der Waals surface area contributed by atoms with Crippen LogP contribution < -0.4 is 11.1 Å². The molecule has 0 aliphatic carbocycles. The van der Waals surface area contributed by atoms with Crippen LogP contribution in [0.1, 0.15) is 27.2 Å². The molecule has 2 aromatic rings. The van der Waals surface area contributed by atoms with E-state index in [4.69, 9.17) is 10.5 Å². The highest BCUT2D eigenvalue weighted by Crippen LogP contribution is 2.22. The van der Waals surface area contributed by atoms with Gasteiger partial charge in [-0.25, -0.2) is 14.8 Å². The average molecular weight is 292 g/mol. The first-order valence-electron chi connectivity index (χ1n) is 6.18. The van der Waals surface area contributed by atoms with Crippen LogP contribution in [0.4, 0.5) is 11.5 Å². The van der Waals surface area contributed by atoms with Gasteiger partial charge in [0, 0.05) is 17.3 Å². The van der Waals surface area contributed by atoms with Gasteiger partial charge in [-0.3, -0.25) is 0 Å². The van der Waals surface area contributed by atoms with Crippen LogP contribution in [0.15, 0.2) is 18.5 Å². The predicted octanol–water partition coefficient (Wildman–Crippen LogP) is 2.22. The molecule has 2 rings (SSSR count). The summed E-state index contributed by atoms with van der Waals surface area (Å²) in [6.07, 6.45) is 3.34. The van der Waals surface area contributed by atoms with Crippen molar-refractivity contribution in [3.63, 3.8) is 0 Å². The van der Waals surface area contributed by atoms with Crippen LogP contribution in [-0.4, -0.2) is 22.5 Å². The highest BCUT2D eigenvalue weighted by molar-refractivity contribution is 7.11. The Morgan fingerprint density at radius 1 is 1.50 bits per heavy atom. The van der Waals surface area contributed by atoms with Gasteiger partial charge in [0.2, 0.25) is 0 Å². The van der Waals surface area contributed by atoms with Crippen LogP contribution in [0.25, 0.3) is 0 Å². The number of carbonyl (C=O) groups is 1. The second kappa shape index (κ2) is 6.33. The number of pyridine rings is 1. The van der Waals surface area contributed by atoms with Gasteiger partial charge in [-0.05, 0) is 19.9 Å². The number of aromatic nitrogens is 2. The van der Waals surface area contributed by atoms with Crippen LogP contribution in [0.3, 0.4) is 0 Å². The number of rotatable bonds is 5. The third kappa shape index (κ3) is 3.24. The molecule has 0 unspecified atom stereocenters. The molecule has 0 bridgehead atoms. The van der Waals surface area contributed by atoms with E-state index in [2.05, 4.69) is 15.3 Å². The Labute approximate surface area is 121 Å². The zero-order valence-corrected chi connectivity index (χ0v) is 12.2. The molecule has 0 saturated heterocycles. The van der Waals surface area contributed by atoms with Crippen molar-refractivity contribution < 1.29 is 9.53 Å². The van der Waals surface area contributed by atoms with Crippen LogP contribution >= 0.6 is 11.3 Å². The topological polar surface area (TPSA) is 90.1 Å². The number of nitrogens with two attached hydrogens (primary N) is 1. The predicted molar refractivity (Wildman–Crippen MR) is 78.8 cm³/mol. The minimum absolute atomic E-state index is 0.291. The van der Waals surface area contributed by atoms with Gasteiger partial charge in [0.25, 0.3) is 0 Å². The first-order chi connectivity index (χ1) is 9.61. The average Bonchev–Trinajstić information content (AvgIpc) is 2.83. The number of nitrogen functional groups attached to an aromatic ring is 1. The van der Waals surface area contributed by atoms with E-state index < -0.39 is 5.97 Å². The fourth-order valence-electron chi connectivity index (χ4n) is 1.64. The number of hydrogen-bond acceptors (Lipinski definition) is 7. The van der Waals surface area contributed by atoms with Crippen molar-refractivity contribution in [2.45, 2.75) is 20.4 Å². The van der Waals surface area contributed by atoms with E-state index in [0.29, 0.717) is 30.2 Å². The first kappa shape index (κ1) is 14.3. The Bertz CT molecular complexity index is 612. The van der Waals surface area contributed by atoms with Crippen molar-refractivity contribution in [2.75, 3.05) is 17.7 Å². The van der Waals surface area contributed by atoms with E-state index in [1.807, 2.05) is 13.1 Å². The quantitative estimate of drug-likeness (QED) is 0.821. The van der Waals surface area contributed by atoms with E-state index in [1.54, 1.807) is 24.3 Å². The minimum Gasteiger partial charge on any atom is -0.462 e. The van der Waals surface area contributed by atoms with Gasteiger partial charge >= 0.3 is 5.97 Å². The lowest BCUT2D eigenvalue weighted by molar-refractivity contribution is 0.0527. The van der Waals surface area contributed by atoms with Crippen molar-refractivity contribution >= 4 is 28.8 Å². The third-order valence-corrected chi connectivity index (χ3v) is 3.47.